The van der Waals surface area contributed by atoms with Crippen LogP contribution in [-0.4, -0.2) is 49.7 Å². The van der Waals surface area contributed by atoms with E-state index in [-0.39, 0.29) is 30.4 Å². The smallest absolute Gasteiger partial charge is 0.307 e. The van der Waals surface area contributed by atoms with E-state index < -0.39 is 0 Å². The van der Waals surface area contributed by atoms with Crippen LogP contribution in [0.5, 0.6) is 0 Å². The molecule has 4 aliphatic rings. The molecule has 5 heteroatoms. The zero-order valence-corrected chi connectivity index (χ0v) is 13.7. The molecule has 1 amide bonds. The molecular formula is C17H27NO4. The molecular weight excluding hydrogens is 282 g/mol. The number of nitrogens with zero attached hydrogens (tertiary/aromatic N) is 1. The summed E-state index contributed by atoms with van der Waals surface area (Å²) in [6.45, 7) is 0.559. The summed E-state index contributed by atoms with van der Waals surface area (Å²) in [5.41, 5.74) is -0.0294. The van der Waals surface area contributed by atoms with Crippen molar-refractivity contribution in [1.82, 2.24) is 4.90 Å². The summed E-state index contributed by atoms with van der Waals surface area (Å²) in [6, 6.07) is 0. The Morgan fingerprint density at radius 3 is 2.05 bits per heavy atom. The Bertz CT molecular complexity index is 413. The first-order valence-electron chi connectivity index (χ1n) is 8.42. The molecule has 0 spiro atoms. The van der Waals surface area contributed by atoms with Crippen molar-refractivity contribution in [2.75, 3.05) is 27.4 Å². The van der Waals surface area contributed by atoms with Crippen LogP contribution in [0, 0.1) is 17.8 Å². The van der Waals surface area contributed by atoms with Gasteiger partial charge in [0.2, 0.25) is 5.91 Å². The van der Waals surface area contributed by atoms with Crippen LogP contribution < -0.4 is 0 Å². The molecule has 0 unspecified atom stereocenters. The van der Waals surface area contributed by atoms with Crippen LogP contribution >= 0.6 is 0 Å². The average molecular weight is 309 g/mol. The number of hydrogen-bond donors (Lipinski definition) is 0. The first kappa shape index (κ1) is 15.8. The molecule has 22 heavy (non-hydrogen) atoms. The van der Waals surface area contributed by atoms with Gasteiger partial charge in [-0.3, -0.25) is 9.59 Å². The van der Waals surface area contributed by atoms with Gasteiger partial charge < -0.3 is 14.4 Å². The van der Waals surface area contributed by atoms with E-state index in [0.29, 0.717) is 6.54 Å². The van der Waals surface area contributed by atoms with Gasteiger partial charge in [-0.25, -0.2) is 0 Å². The number of carbonyl (C=O) groups excluding carboxylic acids is 2. The molecule has 0 aromatic rings. The molecule has 4 fully saturated rings. The van der Waals surface area contributed by atoms with Crippen LogP contribution in [0.1, 0.15) is 44.9 Å². The monoisotopic (exact) mass is 309 g/mol. The lowest BCUT2D eigenvalue weighted by atomic mass is 9.52. The van der Waals surface area contributed by atoms with Crippen molar-refractivity contribution in [2.45, 2.75) is 50.5 Å². The highest BCUT2D eigenvalue weighted by molar-refractivity contribution is 5.79. The van der Waals surface area contributed by atoms with Crippen molar-refractivity contribution in [3.05, 3.63) is 0 Å². The summed E-state index contributed by atoms with van der Waals surface area (Å²) in [5, 5.41) is 0. The Kier molecular flexibility index (Phi) is 4.44. The zero-order valence-electron chi connectivity index (χ0n) is 13.7. The third-order valence-electron chi connectivity index (χ3n) is 5.91. The Hall–Kier alpha value is -1.10. The molecule has 5 nitrogen and oxygen atoms in total. The Morgan fingerprint density at radius 1 is 1.05 bits per heavy atom. The van der Waals surface area contributed by atoms with E-state index in [1.807, 2.05) is 4.90 Å². The van der Waals surface area contributed by atoms with E-state index in [1.54, 1.807) is 7.11 Å². The number of methoxy groups -OCH3 is 2. The second-order valence-corrected chi connectivity index (χ2v) is 7.45. The minimum atomic E-state index is -0.250. The van der Waals surface area contributed by atoms with Crippen molar-refractivity contribution in [3.8, 4) is 0 Å². The molecule has 0 aromatic heterocycles. The van der Waals surface area contributed by atoms with E-state index in [4.69, 9.17) is 9.47 Å². The highest BCUT2D eigenvalue weighted by Gasteiger charge is 2.54. The van der Waals surface area contributed by atoms with Gasteiger partial charge in [-0.15, -0.1) is 0 Å². The van der Waals surface area contributed by atoms with Gasteiger partial charge in [0.25, 0.3) is 0 Å². The van der Waals surface area contributed by atoms with Gasteiger partial charge in [-0.05, 0) is 56.3 Å². The molecule has 4 aliphatic carbocycles. The van der Waals surface area contributed by atoms with Gasteiger partial charge in [0.1, 0.15) is 6.61 Å². The van der Waals surface area contributed by atoms with Crippen LogP contribution in [0.3, 0.4) is 0 Å². The predicted octanol–water partition coefficient (Wildman–Crippen LogP) is 1.99. The number of amides is 1. The molecule has 0 heterocycles. The Labute approximate surface area is 132 Å². The molecule has 4 bridgehead atoms. The maximum Gasteiger partial charge on any atom is 0.307 e. The van der Waals surface area contributed by atoms with Gasteiger partial charge >= 0.3 is 5.97 Å². The average Bonchev–Trinajstić information content (AvgIpc) is 2.45. The number of rotatable bonds is 6. The van der Waals surface area contributed by atoms with Crippen molar-refractivity contribution < 1.29 is 19.1 Å². The van der Waals surface area contributed by atoms with E-state index in [9.17, 15) is 9.59 Å². The Morgan fingerprint density at radius 2 is 1.59 bits per heavy atom. The summed E-state index contributed by atoms with van der Waals surface area (Å²) < 4.78 is 9.82. The van der Waals surface area contributed by atoms with Gasteiger partial charge in [0.15, 0.2) is 0 Å². The minimum absolute atomic E-state index is 0.0216. The number of hydrogen-bond acceptors (Lipinski definition) is 4. The molecule has 4 saturated carbocycles. The van der Waals surface area contributed by atoms with E-state index in [0.717, 1.165) is 37.0 Å². The molecule has 124 valence electrons. The maximum absolute atomic E-state index is 12.6. The summed E-state index contributed by atoms with van der Waals surface area (Å²) >= 11 is 0. The molecule has 0 aromatic carbocycles. The van der Waals surface area contributed by atoms with Crippen LogP contribution in [0.25, 0.3) is 0 Å². The topological polar surface area (TPSA) is 55.8 Å². The quantitative estimate of drug-likeness (QED) is 0.704. The minimum Gasteiger partial charge on any atom is -0.469 e. The van der Waals surface area contributed by atoms with Gasteiger partial charge in [-0.1, -0.05) is 0 Å². The Balaban J connectivity index is 1.78. The standard InChI is InChI=1S/C17H27NO4/c1-21-11-15(19)18(4-3-16(20)22-2)17-8-12-5-13(9-17)7-14(6-12)10-17/h12-14H,3-11H2,1-2H3. The summed E-state index contributed by atoms with van der Waals surface area (Å²) in [4.78, 5) is 26.1. The molecule has 0 aliphatic heterocycles. The van der Waals surface area contributed by atoms with E-state index in [1.165, 1.54) is 26.4 Å². The van der Waals surface area contributed by atoms with Crippen molar-refractivity contribution in [2.24, 2.45) is 17.8 Å². The largest absolute Gasteiger partial charge is 0.469 e. The SMILES string of the molecule is COCC(=O)N(CCC(=O)OC)C12CC3CC(CC(C3)C1)C2. The van der Waals surface area contributed by atoms with Crippen molar-refractivity contribution in [3.63, 3.8) is 0 Å². The van der Waals surface area contributed by atoms with Gasteiger partial charge in [-0.2, -0.15) is 0 Å². The van der Waals surface area contributed by atoms with Crippen LogP contribution in [0.4, 0.5) is 0 Å². The lowest BCUT2D eigenvalue weighted by Gasteiger charge is -2.60. The fraction of sp³-hybridized carbons (Fsp3) is 0.882. The van der Waals surface area contributed by atoms with E-state index in [2.05, 4.69) is 0 Å². The second kappa shape index (κ2) is 6.19. The molecule has 0 atom stereocenters. The molecule has 0 N–H and O–H groups in total. The molecule has 0 saturated heterocycles. The molecule has 4 rings (SSSR count). The summed E-state index contributed by atoms with van der Waals surface area (Å²) in [6.07, 6.45) is 7.60. The lowest BCUT2D eigenvalue weighted by Crippen LogP contribution is -2.62. The van der Waals surface area contributed by atoms with Crippen molar-refractivity contribution in [1.29, 1.82) is 0 Å². The van der Waals surface area contributed by atoms with Crippen LogP contribution in [-0.2, 0) is 19.1 Å². The third-order valence-corrected chi connectivity index (χ3v) is 5.91. The first-order chi connectivity index (χ1) is 10.6. The zero-order chi connectivity index (χ0) is 15.7. The van der Waals surface area contributed by atoms with Gasteiger partial charge in [0.05, 0.1) is 13.5 Å². The fourth-order valence-corrected chi connectivity index (χ4v) is 5.53. The first-order valence-corrected chi connectivity index (χ1v) is 8.42. The van der Waals surface area contributed by atoms with Crippen LogP contribution in [0.2, 0.25) is 0 Å². The van der Waals surface area contributed by atoms with Gasteiger partial charge in [0, 0.05) is 19.2 Å². The highest BCUT2D eigenvalue weighted by Crippen LogP contribution is 2.57. The summed E-state index contributed by atoms with van der Waals surface area (Å²) in [7, 11) is 2.95. The van der Waals surface area contributed by atoms with Crippen molar-refractivity contribution >= 4 is 11.9 Å². The van der Waals surface area contributed by atoms with E-state index >= 15 is 0 Å². The lowest BCUT2D eigenvalue weighted by molar-refractivity contribution is -0.156. The third kappa shape index (κ3) is 2.87. The predicted molar refractivity (Wildman–Crippen MR) is 81.1 cm³/mol. The molecule has 0 radical (unpaired) electrons. The van der Waals surface area contributed by atoms with Crippen LogP contribution in [0.15, 0.2) is 0 Å². The number of carbonyl (C=O) groups is 2. The second-order valence-electron chi connectivity index (χ2n) is 7.45. The number of ether oxygens (including phenoxy) is 2. The number of esters is 1. The maximum atomic E-state index is 12.6. The highest BCUT2D eigenvalue weighted by atomic mass is 16.5. The summed E-state index contributed by atoms with van der Waals surface area (Å²) in [5.74, 6) is 2.07. The normalized spacial score (nSPS) is 35.5. The fourth-order valence-electron chi connectivity index (χ4n) is 5.53.